The molecule has 20 heavy (non-hydrogen) atoms. The number of aryl methyl sites for hydroxylation is 2. The Morgan fingerprint density at radius 1 is 1.15 bits per heavy atom. The molecule has 1 aromatic heterocycles. The van der Waals surface area contributed by atoms with Crippen molar-refractivity contribution in [2.75, 3.05) is 11.9 Å². The zero-order chi connectivity index (χ0) is 14.4. The van der Waals surface area contributed by atoms with Gasteiger partial charge < -0.3 is 5.32 Å². The van der Waals surface area contributed by atoms with Crippen molar-refractivity contribution in [2.45, 2.75) is 33.1 Å². The molecule has 0 bridgehead atoms. The fourth-order valence-corrected chi connectivity index (χ4v) is 2.53. The van der Waals surface area contributed by atoms with E-state index in [0.29, 0.717) is 0 Å². The van der Waals surface area contributed by atoms with E-state index >= 15 is 0 Å². The van der Waals surface area contributed by atoms with Crippen LogP contribution in [0.1, 0.15) is 30.3 Å². The number of nitrogens with one attached hydrogen (secondary N) is 1. The van der Waals surface area contributed by atoms with Crippen molar-refractivity contribution >= 4 is 21.7 Å². The average molecular weight is 334 g/mol. The van der Waals surface area contributed by atoms with Gasteiger partial charge >= 0.3 is 0 Å². The molecule has 0 saturated heterocycles. The predicted molar refractivity (Wildman–Crippen MR) is 87.1 cm³/mol. The van der Waals surface area contributed by atoms with Crippen molar-refractivity contribution in [1.29, 1.82) is 0 Å². The van der Waals surface area contributed by atoms with Gasteiger partial charge in [-0.1, -0.05) is 31.2 Å². The molecule has 106 valence electrons. The second kappa shape index (κ2) is 7.39. The Morgan fingerprint density at radius 2 is 1.95 bits per heavy atom. The Kier molecular flexibility index (Phi) is 5.53. The second-order valence-electron chi connectivity index (χ2n) is 4.85. The fourth-order valence-electron chi connectivity index (χ4n) is 2.11. The third kappa shape index (κ3) is 4.30. The molecule has 2 aromatic rings. The first-order chi connectivity index (χ1) is 9.69. The number of nitrogens with zero attached hydrogens (tertiary/aromatic N) is 2. The molecular formula is C16H20BrN3. The summed E-state index contributed by atoms with van der Waals surface area (Å²) in [6, 6.07) is 10.4. The molecule has 4 heteroatoms. The molecule has 0 aliphatic heterocycles. The smallest absolute Gasteiger partial charge is 0.132 e. The zero-order valence-electron chi connectivity index (χ0n) is 12.0. The summed E-state index contributed by atoms with van der Waals surface area (Å²) in [7, 11) is 0. The number of rotatable bonds is 6. The van der Waals surface area contributed by atoms with Crippen molar-refractivity contribution in [3.8, 4) is 0 Å². The quantitative estimate of drug-likeness (QED) is 0.806. The van der Waals surface area contributed by atoms with Crippen LogP contribution in [-0.2, 0) is 12.8 Å². The van der Waals surface area contributed by atoms with Gasteiger partial charge in [-0.3, -0.25) is 0 Å². The lowest BCUT2D eigenvalue weighted by atomic mass is 10.1. The minimum atomic E-state index is 0.842. The summed E-state index contributed by atoms with van der Waals surface area (Å²) in [6.45, 7) is 5.16. The van der Waals surface area contributed by atoms with Crippen LogP contribution < -0.4 is 5.32 Å². The van der Waals surface area contributed by atoms with Crippen LogP contribution in [0, 0.1) is 6.92 Å². The van der Waals surface area contributed by atoms with Crippen LogP contribution in [0.3, 0.4) is 0 Å². The molecule has 1 aromatic carbocycles. The second-order valence-corrected chi connectivity index (χ2v) is 5.66. The van der Waals surface area contributed by atoms with Gasteiger partial charge in [0.25, 0.3) is 0 Å². The van der Waals surface area contributed by atoms with Crippen LogP contribution >= 0.6 is 15.9 Å². The van der Waals surface area contributed by atoms with Gasteiger partial charge in [0.1, 0.15) is 16.2 Å². The van der Waals surface area contributed by atoms with E-state index in [0.717, 1.165) is 42.1 Å². The minimum Gasteiger partial charge on any atom is -0.370 e. The summed E-state index contributed by atoms with van der Waals surface area (Å²) in [5, 5.41) is 3.38. The largest absolute Gasteiger partial charge is 0.370 e. The van der Waals surface area contributed by atoms with Crippen LogP contribution in [0.25, 0.3) is 0 Å². The summed E-state index contributed by atoms with van der Waals surface area (Å²) in [4.78, 5) is 8.89. The topological polar surface area (TPSA) is 37.8 Å². The lowest BCUT2D eigenvalue weighted by Gasteiger charge is -2.09. The highest BCUT2D eigenvalue weighted by Crippen LogP contribution is 2.14. The maximum Gasteiger partial charge on any atom is 0.132 e. The lowest BCUT2D eigenvalue weighted by molar-refractivity contribution is 0.827. The Labute approximate surface area is 129 Å². The summed E-state index contributed by atoms with van der Waals surface area (Å²) in [5.74, 6) is 1.78. The Balaban J connectivity index is 1.95. The van der Waals surface area contributed by atoms with Crippen LogP contribution in [0.5, 0.6) is 0 Å². The SMILES string of the molecule is CCCc1nc(Br)cc(NCCc2ccccc2C)n1. The van der Waals surface area contributed by atoms with E-state index in [4.69, 9.17) is 0 Å². The number of benzene rings is 1. The summed E-state index contributed by atoms with van der Waals surface area (Å²) in [6.07, 6.45) is 2.96. The monoisotopic (exact) mass is 333 g/mol. The molecule has 3 nitrogen and oxygen atoms in total. The maximum absolute atomic E-state index is 4.52. The van der Waals surface area contributed by atoms with Crippen LogP contribution in [0.15, 0.2) is 34.9 Å². The highest BCUT2D eigenvalue weighted by atomic mass is 79.9. The first kappa shape index (κ1) is 15.0. The number of hydrogen-bond acceptors (Lipinski definition) is 3. The Hall–Kier alpha value is -1.42. The van der Waals surface area contributed by atoms with Crippen LogP contribution in [0.4, 0.5) is 5.82 Å². The molecule has 0 unspecified atom stereocenters. The van der Waals surface area contributed by atoms with Gasteiger partial charge in [-0.25, -0.2) is 9.97 Å². The van der Waals surface area contributed by atoms with Gasteiger partial charge in [-0.2, -0.15) is 0 Å². The predicted octanol–water partition coefficient (Wildman–Crippen LogP) is 4.15. The van der Waals surface area contributed by atoms with Crippen molar-refractivity contribution < 1.29 is 0 Å². The summed E-state index contributed by atoms with van der Waals surface area (Å²) >= 11 is 3.44. The molecule has 1 N–H and O–H groups in total. The van der Waals surface area contributed by atoms with E-state index in [2.05, 4.69) is 69.3 Å². The number of anilines is 1. The molecule has 0 amide bonds. The van der Waals surface area contributed by atoms with Crippen molar-refractivity contribution in [2.24, 2.45) is 0 Å². The van der Waals surface area contributed by atoms with E-state index < -0.39 is 0 Å². The first-order valence-electron chi connectivity index (χ1n) is 7.01. The van der Waals surface area contributed by atoms with Gasteiger partial charge in [0.15, 0.2) is 0 Å². The van der Waals surface area contributed by atoms with Crippen LogP contribution in [-0.4, -0.2) is 16.5 Å². The van der Waals surface area contributed by atoms with Gasteiger partial charge in [0.2, 0.25) is 0 Å². The number of aromatic nitrogens is 2. The third-order valence-corrected chi connectivity index (χ3v) is 3.58. The molecule has 1 heterocycles. The summed E-state index contributed by atoms with van der Waals surface area (Å²) < 4.78 is 0.842. The average Bonchev–Trinajstić information content (AvgIpc) is 2.41. The molecule has 0 fully saturated rings. The van der Waals surface area contributed by atoms with Gasteiger partial charge in [0, 0.05) is 19.0 Å². The van der Waals surface area contributed by atoms with Crippen molar-refractivity contribution in [3.63, 3.8) is 0 Å². The molecular weight excluding hydrogens is 314 g/mol. The molecule has 2 rings (SSSR count). The molecule has 0 saturated carbocycles. The Morgan fingerprint density at radius 3 is 2.70 bits per heavy atom. The van der Waals surface area contributed by atoms with Crippen molar-refractivity contribution in [3.05, 3.63) is 51.9 Å². The molecule has 0 aliphatic rings. The zero-order valence-corrected chi connectivity index (χ0v) is 13.6. The third-order valence-electron chi connectivity index (χ3n) is 3.18. The van der Waals surface area contributed by atoms with Gasteiger partial charge in [-0.15, -0.1) is 0 Å². The molecule has 0 radical (unpaired) electrons. The molecule has 0 atom stereocenters. The minimum absolute atomic E-state index is 0.842. The van der Waals surface area contributed by atoms with Gasteiger partial charge in [0.05, 0.1) is 0 Å². The van der Waals surface area contributed by atoms with E-state index in [9.17, 15) is 0 Å². The lowest BCUT2D eigenvalue weighted by Crippen LogP contribution is -2.09. The normalized spacial score (nSPS) is 10.6. The highest BCUT2D eigenvalue weighted by Gasteiger charge is 2.03. The standard InChI is InChI=1S/C16H20BrN3/c1-3-6-15-19-14(17)11-16(20-15)18-10-9-13-8-5-4-7-12(13)2/h4-5,7-8,11H,3,6,9-10H2,1-2H3,(H,18,19,20). The Bertz CT molecular complexity index is 569. The van der Waals surface area contributed by atoms with Crippen molar-refractivity contribution in [1.82, 2.24) is 9.97 Å². The number of hydrogen-bond donors (Lipinski definition) is 1. The molecule has 0 spiro atoms. The molecule has 0 aliphatic carbocycles. The van der Waals surface area contributed by atoms with E-state index in [1.807, 2.05) is 6.07 Å². The van der Waals surface area contributed by atoms with E-state index in [1.54, 1.807) is 0 Å². The first-order valence-corrected chi connectivity index (χ1v) is 7.80. The summed E-state index contributed by atoms with van der Waals surface area (Å²) in [5.41, 5.74) is 2.71. The van der Waals surface area contributed by atoms with Gasteiger partial charge in [-0.05, 0) is 46.8 Å². The van der Waals surface area contributed by atoms with Crippen LogP contribution in [0.2, 0.25) is 0 Å². The maximum atomic E-state index is 4.52. The number of halogens is 1. The highest BCUT2D eigenvalue weighted by molar-refractivity contribution is 9.10. The van der Waals surface area contributed by atoms with E-state index in [-0.39, 0.29) is 0 Å². The van der Waals surface area contributed by atoms with E-state index in [1.165, 1.54) is 11.1 Å². The fraction of sp³-hybridized carbons (Fsp3) is 0.375.